The molecule has 0 bridgehead atoms. The molecule has 2 nitrogen and oxygen atoms in total. The van der Waals surface area contributed by atoms with Gasteiger partial charge in [0.05, 0.1) is 0 Å². The first-order chi connectivity index (χ1) is 4.42. The first kappa shape index (κ1) is 9.64. The Labute approximate surface area is 54.6 Å². The molecule has 62 valence electrons. The van der Waals surface area contributed by atoms with E-state index in [9.17, 15) is 17.6 Å². The Bertz CT molecular complexity index is 107. The Morgan fingerprint density at radius 2 is 1.80 bits per heavy atom. The van der Waals surface area contributed by atoms with Crippen LogP contribution in [0.4, 0.5) is 17.6 Å². The van der Waals surface area contributed by atoms with Crippen LogP contribution in [0.15, 0.2) is 0 Å². The molecule has 0 saturated heterocycles. The number of rotatable bonds is 3. The third kappa shape index (κ3) is 1.81. The van der Waals surface area contributed by atoms with Gasteiger partial charge in [-0.3, -0.25) is 0 Å². The highest BCUT2D eigenvalue weighted by Crippen LogP contribution is 2.25. The van der Waals surface area contributed by atoms with Crippen LogP contribution < -0.4 is 5.73 Å². The molecule has 0 aromatic carbocycles. The summed E-state index contributed by atoms with van der Waals surface area (Å²) in [6.07, 6.45) is -6.33. The van der Waals surface area contributed by atoms with Gasteiger partial charge in [-0.1, -0.05) is 0 Å². The zero-order valence-electron chi connectivity index (χ0n) is 4.90. The van der Waals surface area contributed by atoms with Gasteiger partial charge in [0.15, 0.2) is 0 Å². The van der Waals surface area contributed by atoms with Gasteiger partial charge in [0.2, 0.25) is 0 Å². The Kier molecular flexibility index (Phi) is 3.04. The van der Waals surface area contributed by atoms with Gasteiger partial charge in [-0.05, 0) is 0 Å². The molecule has 6 heteroatoms. The van der Waals surface area contributed by atoms with Gasteiger partial charge in [0.1, 0.15) is 6.10 Å². The SMILES string of the molecule is NC[C@@H](O)C(F)(F)C(F)F. The fraction of sp³-hybridized carbons (Fsp3) is 1.00. The monoisotopic (exact) mass is 161 g/mol. The van der Waals surface area contributed by atoms with Gasteiger partial charge in [-0.2, -0.15) is 8.78 Å². The van der Waals surface area contributed by atoms with Crippen molar-refractivity contribution in [3.8, 4) is 0 Å². The Morgan fingerprint density at radius 1 is 1.40 bits per heavy atom. The van der Waals surface area contributed by atoms with E-state index in [1.807, 2.05) is 0 Å². The van der Waals surface area contributed by atoms with E-state index in [1.54, 1.807) is 0 Å². The molecule has 0 aromatic rings. The molecule has 0 unspecified atom stereocenters. The Balaban J connectivity index is 4.09. The fourth-order valence-corrected chi connectivity index (χ4v) is 0.303. The number of halogens is 4. The first-order valence-corrected chi connectivity index (χ1v) is 2.47. The lowest BCUT2D eigenvalue weighted by Crippen LogP contribution is -2.44. The summed E-state index contributed by atoms with van der Waals surface area (Å²) in [5.74, 6) is -4.39. The molecular formula is C4H7F4NO. The molecule has 1 atom stereocenters. The summed E-state index contributed by atoms with van der Waals surface area (Å²) in [6.45, 7) is -0.878. The van der Waals surface area contributed by atoms with Crippen molar-refractivity contribution in [2.24, 2.45) is 5.73 Å². The van der Waals surface area contributed by atoms with E-state index >= 15 is 0 Å². The van der Waals surface area contributed by atoms with E-state index in [2.05, 4.69) is 5.73 Å². The molecule has 0 amide bonds. The largest absolute Gasteiger partial charge is 0.385 e. The molecule has 0 aliphatic carbocycles. The summed E-state index contributed by atoms with van der Waals surface area (Å²) in [5, 5.41) is 8.20. The predicted octanol–water partition coefficient (Wildman–Crippen LogP) is 0.206. The van der Waals surface area contributed by atoms with Gasteiger partial charge in [-0.15, -0.1) is 0 Å². The lowest BCUT2D eigenvalue weighted by atomic mass is 10.2. The van der Waals surface area contributed by atoms with Crippen LogP contribution in [-0.4, -0.2) is 30.1 Å². The van der Waals surface area contributed by atoms with Crippen molar-refractivity contribution < 1.29 is 22.7 Å². The Morgan fingerprint density at radius 3 is 1.90 bits per heavy atom. The zero-order chi connectivity index (χ0) is 8.36. The van der Waals surface area contributed by atoms with Crippen LogP contribution in [0.3, 0.4) is 0 Å². The van der Waals surface area contributed by atoms with Crippen molar-refractivity contribution in [3.63, 3.8) is 0 Å². The van der Waals surface area contributed by atoms with Crippen molar-refractivity contribution in [2.75, 3.05) is 6.54 Å². The van der Waals surface area contributed by atoms with Crippen LogP contribution >= 0.6 is 0 Å². The van der Waals surface area contributed by atoms with E-state index in [0.29, 0.717) is 0 Å². The third-order valence-electron chi connectivity index (χ3n) is 0.958. The molecule has 0 fully saturated rings. The molecule has 0 radical (unpaired) electrons. The predicted molar refractivity (Wildman–Crippen MR) is 26.0 cm³/mol. The summed E-state index contributed by atoms with van der Waals surface area (Å²) in [7, 11) is 0. The van der Waals surface area contributed by atoms with Crippen LogP contribution in [0.2, 0.25) is 0 Å². The van der Waals surface area contributed by atoms with E-state index in [4.69, 9.17) is 5.11 Å². The topological polar surface area (TPSA) is 46.2 Å². The number of hydrogen-bond acceptors (Lipinski definition) is 2. The molecule has 0 heterocycles. The zero-order valence-corrected chi connectivity index (χ0v) is 4.90. The van der Waals surface area contributed by atoms with Crippen LogP contribution in [0, 0.1) is 0 Å². The molecule has 3 N–H and O–H groups in total. The standard InChI is InChI=1S/C4H7F4NO/c5-3(6)4(7,8)2(10)1-9/h2-3,10H,1,9H2/t2-/m1/s1. The van der Waals surface area contributed by atoms with E-state index in [0.717, 1.165) is 0 Å². The van der Waals surface area contributed by atoms with Gasteiger partial charge in [0, 0.05) is 6.54 Å². The Hall–Kier alpha value is -0.360. The average Bonchev–Trinajstić information content (AvgIpc) is 1.86. The van der Waals surface area contributed by atoms with Crippen LogP contribution in [-0.2, 0) is 0 Å². The summed E-state index contributed by atoms with van der Waals surface area (Å²) in [6, 6.07) is 0. The second-order valence-corrected chi connectivity index (χ2v) is 1.73. The number of hydrogen-bond donors (Lipinski definition) is 2. The van der Waals surface area contributed by atoms with Crippen molar-refractivity contribution >= 4 is 0 Å². The molecule has 10 heavy (non-hydrogen) atoms. The van der Waals surface area contributed by atoms with Crippen molar-refractivity contribution in [1.82, 2.24) is 0 Å². The van der Waals surface area contributed by atoms with E-state index in [1.165, 1.54) is 0 Å². The molecule has 0 aliphatic rings. The second-order valence-electron chi connectivity index (χ2n) is 1.73. The van der Waals surface area contributed by atoms with E-state index in [-0.39, 0.29) is 0 Å². The maximum absolute atomic E-state index is 11.9. The van der Waals surface area contributed by atoms with Gasteiger partial charge in [0.25, 0.3) is 0 Å². The van der Waals surface area contributed by atoms with Crippen molar-refractivity contribution in [1.29, 1.82) is 0 Å². The smallest absolute Gasteiger partial charge is 0.333 e. The molecular weight excluding hydrogens is 154 g/mol. The lowest BCUT2D eigenvalue weighted by Gasteiger charge is -2.19. The maximum atomic E-state index is 11.9. The molecule has 0 aromatic heterocycles. The molecule has 0 saturated carbocycles. The van der Waals surface area contributed by atoms with Gasteiger partial charge in [-0.25, -0.2) is 8.78 Å². The second kappa shape index (κ2) is 3.16. The minimum atomic E-state index is -4.39. The summed E-state index contributed by atoms with van der Waals surface area (Å²) < 4.78 is 46.3. The van der Waals surface area contributed by atoms with Crippen LogP contribution in [0.5, 0.6) is 0 Å². The highest BCUT2D eigenvalue weighted by molar-refractivity contribution is 4.79. The number of alkyl halides is 4. The normalized spacial score (nSPS) is 15.9. The lowest BCUT2D eigenvalue weighted by molar-refractivity contribution is -0.187. The quantitative estimate of drug-likeness (QED) is 0.581. The average molecular weight is 161 g/mol. The third-order valence-corrected chi connectivity index (χ3v) is 0.958. The highest BCUT2D eigenvalue weighted by atomic mass is 19.3. The minimum Gasteiger partial charge on any atom is -0.385 e. The molecule has 0 rings (SSSR count). The minimum absolute atomic E-state index is 0.878. The number of nitrogens with two attached hydrogens (primary N) is 1. The maximum Gasteiger partial charge on any atom is 0.333 e. The van der Waals surface area contributed by atoms with E-state index < -0.39 is 25.0 Å². The van der Waals surface area contributed by atoms with Crippen molar-refractivity contribution in [3.05, 3.63) is 0 Å². The van der Waals surface area contributed by atoms with Crippen LogP contribution in [0.1, 0.15) is 0 Å². The van der Waals surface area contributed by atoms with Crippen LogP contribution in [0.25, 0.3) is 0 Å². The van der Waals surface area contributed by atoms with Gasteiger partial charge < -0.3 is 10.8 Å². The fourth-order valence-electron chi connectivity index (χ4n) is 0.303. The number of aliphatic hydroxyl groups is 1. The van der Waals surface area contributed by atoms with Gasteiger partial charge >= 0.3 is 12.3 Å². The molecule has 0 spiro atoms. The number of aliphatic hydroxyl groups excluding tert-OH is 1. The summed E-state index contributed by atoms with van der Waals surface area (Å²) in [4.78, 5) is 0. The highest BCUT2D eigenvalue weighted by Gasteiger charge is 2.47. The molecule has 0 aliphatic heterocycles. The first-order valence-electron chi connectivity index (χ1n) is 2.47. The summed E-state index contributed by atoms with van der Waals surface area (Å²) >= 11 is 0. The summed E-state index contributed by atoms with van der Waals surface area (Å²) in [5.41, 5.74) is 4.53. The van der Waals surface area contributed by atoms with Crippen molar-refractivity contribution in [2.45, 2.75) is 18.5 Å².